The van der Waals surface area contributed by atoms with E-state index >= 15 is 0 Å². The van der Waals surface area contributed by atoms with Crippen molar-refractivity contribution in [2.75, 3.05) is 46.4 Å². The van der Waals surface area contributed by atoms with Gasteiger partial charge in [0.05, 0.1) is 6.61 Å². The van der Waals surface area contributed by atoms with Crippen molar-refractivity contribution in [1.82, 2.24) is 10.2 Å². The first-order chi connectivity index (χ1) is 8.05. The van der Waals surface area contributed by atoms with Crippen LogP contribution < -0.4 is 5.32 Å². The van der Waals surface area contributed by atoms with Crippen LogP contribution in [0.5, 0.6) is 0 Å². The van der Waals surface area contributed by atoms with E-state index in [1.165, 1.54) is 38.9 Å². The van der Waals surface area contributed by atoms with Gasteiger partial charge in [0.15, 0.2) is 0 Å². The number of hydrogen-bond donors (Lipinski definition) is 1. The zero-order chi connectivity index (χ0) is 12.4. The van der Waals surface area contributed by atoms with Crippen LogP contribution in [-0.4, -0.2) is 51.3 Å². The summed E-state index contributed by atoms with van der Waals surface area (Å²) in [5.74, 6) is 0. The van der Waals surface area contributed by atoms with Crippen molar-refractivity contribution < 1.29 is 4.74 Å². The molecule has 0 saturated carbocycles. The molecule has 2 rings (SSSR count). The van der Waals surface area contributed by atoms with E-state index in [0.717, 1.165) is 19.7 Å². The summed E-state index contributed by atoms with van der Waals surface area (Å²) in [6.45, 7) is 11.8. The molecule has 2 fully saturated rings. The normalized spacial score (nSPS) is 28.4. The number of nitrogens with zero attached hydrogens (tertiary/aromatic N) is 1. The Balaban J connectivity index is 1.93. The highest BCUT2D eigenvalue weighted by molar-refractivity contribution is 4.91. The van der Waals surface area contributed by atoms with Crippen LogP contribution in [0, 0.1) is 10.8 Å². The van der Waals surface area contributed by atoms with Gasteiger partial charge >= 0.3 is 0 Å². The van der Waals surface area contributed by atoms with Gasteiger partial charge in [-0.15, -0.1) is 0 Å². The van der Waals surface area contributed by atoms with Gasteiger partial charge in [-0.25, -0.2) is 0 Å². The molecule has 2 saturated heterocycles. The van der Waals surface area contributed by atoms with Gasteiger partial charge in [0.2, 0.25) is 0 Å². The zero-order valence-electron chi connectivity index (χ0n) is 11.7. The lowest BCUT2D eigenvalue weighted by molar-refractivity contribution is 0.0260. The number of methoxy groups -OCH3 is 1. The fraction of sp³-hybridized carbons (Fsp3) is 1.00. The third kappa shape index (κ3) is 3.43. The van der Waals surface area contributed by atoms with Crippen LogP contribution in [0.3, 0.4) is 0 Å². The summed E-state index contributed by atoms with van der Waals surface area (Å²) in [6.07, 6.45) is 3.86. The van der Waals surface area contributed by atoms with E-state index in [1.54, 1.807) is 0 Å². The van der Waals surface area contributed by atoms with Gasteiger partial charge in [-0.2, -0.15) is 0 Å². The molecule has 2 aliphatic heterocycles. The molecule has 0 radical (unpaired) electrons. The van der Waals surface area contributed by atoms with Gasteiger partial charge in [0, 0.05) is 25.6 Å². The fourth-order valence-electron chi connectivity index (χ4n) is 3.44. The fourth-order valence-corrected chi connectivity index (χ4v) is 3.44. The number of piperidine rings is 1. The van der Waals surface area contributed by atoms with Crippen LogP contribution in [0.25, 0.3) is 0 Å². The second-order valence-electron chi connectivity index (χ2n) is 6.81. The Morgan fingerprint density at radius 3 is 2.41 bits per heavy atom. The molecule has 0 unspecified atom stereocenters. The first-order valence-corrected chi connectivity index (χ1v) is 6.97. The molecule has 0 spiro atoms. The molecule has 2 heterocycles. The molecule has 3 heteroatoms. The molecular formula is C14H28N2O. The second-order valence-corrected chi connectivity index (χ2v) is 6.81. The maximum absolute atomic E-state index is 5.49. The predicted octanol–water partition coefficient (Wildman–Crippen LogP) is 1.73. The highest BCUT2D eigenvalue weighted by Crippen LogP contribution is 2.35. The quantitative estimate of drug-likeness (QED) is 0.810. The maximum atomic E-state index is 5.49. The molecule has 0 aromatic rings. The van der Waals surface area contributed by atoms with Crippen molar-refractivity contribution >= 4 is 0 Å². The first-order valence-electron chi connectivity index (χ1n) is 6.97. The lowest BCUT2D eigenvalue weighted by Crippen LogP contribution is -2.47. The summed E-state index contributed by atoms with van der Waals surface area (Å²) in [4.78, 5) is 2.66. The third-order valence-electron chi connectivity index (χ3n) is 4.43. The summed E-state index contributed by atoms with van der Waals surface area (Å²) >= 11 is 0. The van der Waals surface area contributed by atoms with E-state index in [9.17, 15) is 0 Å². The molecule has 17 heavy (non-hydrogen) atoms. The van der Waals surface area contributed by atoms with E-state index in [1.807, 2.05) is 7.11 Å². The van der Waals surface area contributed by atoms with Crippen molar-refractivity contribution in [3.05, 3.63) is 0 Å². The molecule has 0 aromatic heterocycles. The second kappa shape index (κ2) is 5.25. The molecule has 0 atom stereocenters. The first kappa shape index (κ1) is 13.3. The molecule has 0 aliphatic carbocycles. The van der Waals surface area contributed by atoms with Crippen molar-refractivity contribution in [3.8, 4) is 0 Å². The summed E-state index contributed by atoms with van der Waals surface area (Å²) in [5, 5.41) is 3.46. The highest BCUT2D eigenvalue weighted by atomic mass is 16.5. The average Bonchev–Trinajstić information content (AvgIpc) is 2.59. The number of likely N-dealkylation sites (tertiary alicyclic amines) is 1. The Morgan fingerprint density at radius 2 is 1.88 bits per heavy atom. The maximum Gasteiger partial charge on any atom is 0.0531 e. The molecule has 0 amide bonds. The zero-order valence-corrected chi connectivity index (χ0v) is 11.7. The van der Waals surface area contributed by atoms with E-state index in [0.29, 0.717) is 10.8 Å². The van der Waals surface area contributed by atoms with E-state index in [2.05, 4.69) is 24.1 Å². The lowest BCUT2D eigenvalue weighted by Gasteiger charge is -2.40. The van der Waals surface area contributed by atoms with Gasteiger partial charge in [-0.3, -0.25) is 0 Å². The minimum absolute atomic E-state index is 0.403. The summed E-state index contributed by atoms with van der Waals surface area (Å²) in [6, 6.07) is 0. The molecule has 3 nitrogen and oxygen atoms in total. The molecule has 1 N–H and O–H groups in total. The standard InChI is InChI=1S/C14H28N2O/c1-13(2)6-9-16(10-13)11-14(12-17-3)4-7-15-8-5-14/h15H,4-12H2,1-3H3. The smallest absolute Gasteiger partial charge is 0.0531 e. The average molecular weight is 240 g/mol. The predicted molar refractivity (Wildman–Crippen MR) is 71.3 cm³/mol. The number of nitrogens with one attached hydrogen (secondary N) is 1. The van der Waals surface area contributed by atoms with Gasteiger partial charge < -0.3 is 15.0 Å². The van der Waals surface area contributed by atoms with Crippen LogP contribution in [0.2, 0.25) is 0 Å². The number of ether oxygens (including phenoxy) is 1. The van der Waals surface area contributed by atoms with Crippen LogP contribution in [0.15, 0.2) is 0 Å². The van der Waals surface area contributed by atoms with Crippen LogP contribution in [0.1, 0.15) is 33.1 Å². The van der Waals surface area contributed by atoms with Gasteiger partial charge in [-0.1, -0.05) is 13.8 Å². The van der Waals surface area contributed by atoms with Crippen LogP contribution >= 0.6 is 0 Å². The summed E-state index contributed by atoms with van der Waals surface area (Å²) < 4.78 is 5.49. The highest BCUT2D eigenvalue weighted by Gasteiger charge is 2.37. The number of rotatable bonds is 4. The summed E-state index contributed by atoms with van der Waals surface area (Å²) in [7, 11) is 1.84. The van der Waals surface area contributed by atoms with Crippen molar-refractivity contribution in [2.45, 2.75) is 33.1 Å². The van der Waals surface area contributed by atoms with Crippen molar-refractivity contribution in [2.24, 2.45) is 10.8 Å². The third-order valence-corrected chi connectivity index (χ3v) is 4.43. The van der Waals surface area contributed by atoms with Gasteiger partial charge in [0.25, 0.3) is 0 Å². The van der Waals surface area contributed by atoms with Gasteiger partial charge in [-0.05, 0) is 44.3 Å². The van der Waals surface area contributed by atoms with E-state index in [4.69, 9.17) is 4.74 Å². The SMILES string of the molecule is COCC1(CN2CCC(C)(C)C2)CCNCC1. The Hall–Kier alpha value is -0.120. The largest absolute Gasteiger partial charge is 0.384 e. The Morgan fingerprint density at radius 1 is 1.18 bits per heavy atom. The molecular weight excluding hydrogens is 212 g/mol. The summed E-state index contributed by atoms with van der Waals surface area (Å²) in [5.41, 5.74) is 0.918. The van der Waals surface area contributed by atoms with E-state index in [-0.39, 0.29) is 0 Å². The minimum Gasteiger partial charge on any atom is -0.384 e. The Bertz CT molecular complexity index is 241. The van der Waals surface area contributed by atoms with Crippen molar-refractivity contribution in [3.63, 3.8) is 0 Å². The minimum atomic E-state index is 0.403. The molecule has 0 aromatic carbocycles. The molecule has 2 aliphatic rings. The van der Waals surface area contributed by atoms with E-state index < -0.39 is 0 Å². The van der Waals surface area contributed by atoms with Crippen LogP contribution in [-0.2, 0) is 4.74 Å². The van der Waals surface area contributed by atoms with Gasteiger partial charge in [0.1, 0.15) is 0 Å². The molecule has 0 bridgehead atoms. The monoisotopic (exact) mass is 240 g/mol. The van der Waals surface area contributed by atoms with Crippen LogP contribution in [0.4, 0.5) is 0 Å². The Kier molecular flexibility index (Phi) is 4.11. The van der Waals surface area contributed by atoms with Crippen molar-refractivity contribution in [1.29, 1.82) is 0 Å². The number of hydrogen-bond acceptors (Lipinski definition) is 3. The lowest BCUT2D eigenvalue weighted by atomic mass is 9.79. The molecule has 100 valence electrons. The topological polar surface area (TPSA) is 24.5 Å². The Labute approximate surface area is 106 Å².